The van der Waals surface area contributed by atoms with Crippen molar-refractivity contribution in [3.05, 3.63) is 0 Å². The summed E-state index contributed by atoms with van der Waals surface area (Å²) < 4.78 is 5.09. The third-order valence-corrected chi connectivity index (χ3v) is 2.69. The van der Waals surface area contributed by atoms with Crippen molar-refractivity contribution in [1.82, 2.24) is 0 Å². The highest BCUT2D eigenvalue weighted by molar-refractivity contribution is 4.64. The van der Waals surface area contributed by atoms with Gasteiger partial charge in [-0.3, -0.25) is 0 Å². The summed E-state index contributed by atoms with van der Waals surface area (Å²) in [6.45, 7) is 5.06. The number of hydrogen-bond acceptors (Lipinski definition) is 3. The topological polar surface area (TPSA) is 49.7 Å². The third kappa shape index (κ3) is 8.85. The van der Waals surface area contributed by atoms with Gasteiger partial charge in [-0.05, 0) is 12.3 Å². The Morgan fingerprint density at radius 1 is 1.27 bits per heavy atom. The van der Waals surface area contributed by atoms with Crippen molar-refractivity contribution in [2.45, 2.75) is 52.1 Å². The standard InChI is InChI=1S/C12H26O3/c1-3-5-6-11(4-2)9-12(14)10-15-8-7-13/h11-14H,3-10H2,1-2H3. The molecule has 3 nitrogen and oxygen atoms in total. The number of aliphatic hydroxyl groups excluding tert-OH is 2. The largest absolute Gasteiger partial charge is 0.394 e. The Balaban J connectivity index is 3.55. The molecular weight excluding hydrogens is 192 g/mol. The van der Waals surface area contributed by atoms with Crippen molar-refractivity contribution in [3.63, 3.8) is 0 Å². The molecule has 2 unspecified atom stereocenters. The van der Waals surface area contributed by atoms with E-state index in [2.05, 4.69) is 13.8 Å². The summed E-state index contributed by atoms with van der Waals surface area (Å²) in [7, 11) is 0. The molecule has 0 radical (unpaired) electrons. The highest BCUT2D eigenvalue weighted by Crippen LogP contribution is 2.18. The second kappa shape index (κ2) is 10.4. The maximum atomic E-state index is 9.67. The van der Waals surface area contributed by atoms with Gasteiger partial charge in [-0.15, -0.1) is 0 Å². The van der Waals surface area contributed by atoms with Gasteiger partial charge in [0, 0.05) is 0 Å². The molecule has 3 heteroatoms. The highest BCUT2D eigenvalue weighted by Gasteiger charge is 2.12. The predicted molar refractivity (Wildman–Crippen MR) is 61.8 cm³/mol. The predicted octanol–water partition coefficient (Wildman–Crippen LogP) is 1.96. The molecule has 0 spiro atoms. The lowest BCUT2D eigenvalue weighted by Crippen LogP contribution is -2.20. The quantitative estimate of drug-likeness (QED) is 0.551. The molecule has 0 aliphatic heterocycles. The van der Waals surface area contributed by atoms with Crippen LogP contribution in [0.4, 0.5) is 0 Å². The number of rotatable bonds is 10. The van der Waals surface area contributed by atoms with Crippen LogP contribution in [0.25, 0.3) is 0 Å². The molecule has 0 aromatic carbocycles. The Bertz CT molecular complexity index is 128. The van der Waals surface area contributed by atoms with E-state index in [-0.39, 0.29) is 12.7 Å². The van der Waals surface area contributed by atoms with Crippen LogP contribution in [0.1, 0.15) is 46.0 Å². The van der Waals surface area contributed by atoms with Gasteiger partial charge in [0.1, 0.15) is 0 Å². The Labute approximate surface area is 93.5 Å². The van der Waals surface area contributed by atoms with Crippen LogP contribution in [0.5, 0.6) is 0 Å². The first kappa shape index (κ1) is 14.9. The van der Waals surface area contributed by atoms with Gasteiger partial charge in [-0.2, -0.15) is 0 Å². The Morgan fingerprint density at radius 2 is 2.00 bits per heavy atom. The van der Waals surface area contributed by atoms with Gasteiger partial charge in [-0.25, -0.2) is 0 Å². The zero-order valence-corrected chi connectivity index (χ0v) is 10.1. The molecule has 0 aromatic rings. The molecule has 0 rings (SSSR count). The molecule has 0 bridgehead atoms. The van der Waals surface area contributed by atoms with E-state index in [1.54, 1.807) is 0 Å². The molecule has 0 heterocycles. The molecule has 92 valence electrons. The van der Waals surface area contributed by atoms with Crippen LogP contribution in [0.15, 0.2) is 0 Å². The highest BCUT2D eigenvalue weighted by atomic mass is 16.5. The molecule has 0 amide bonds. The van der Waals surface area contributed by atoms with E-state index in [4.69, 9.17) is 9.84 Å². The minimum atomic E-state index is -0.377. The molecule has 0 fully saturated rings. The third-order valence-electron chi connectivity index (χ3n) is 2.69. The summed E-state index contributed by atoms with van der Waals surface area (Å²) in [5, 5.41) is 18.2. The van der Waals surface area contributed by atoms with E-state index < -0.39 is 0 Å². The second-order valence-corrected chi connectivity index (χ2v) is 4.10. The van der Waals surface area contributed by atoms with Gasteiger partial charge >= 0.3 is 0 Å². The fraction of sp³-hybridized carbons (Fsp3) is 1.00. The molecule has 0 aliphatic carbocycles. The van der Waals surface area contributed by atoms with Crippen LogP contribution in [-0.2, 0) is 4.74 Å². The smallest absolute Gasteiger partial charge is 0.0776 e. The number of hydrogen-bond donors (Lipinski definition) is 2. The van der Waals surface area contributed by atoms with Crippen LogP contribution in [0.2, 0.25) is 0 Å². The van der Waals surface area contributed by atoms with Crippen molar-refractivity contribution in [2.24, 2.45) is 5.92 Å². The first-order chi connectivity index (χ1) is 7.24. The molecule has 0 aliphatic rings. The molecule has 0 aromatic heterocycles. The van der Waals surface area contributed by atoms with E-state index >= 15 is 0 Å². The van der Waals surface area contributed by atoms with Crippen molar-refractivity contribution >= 4 is 0 Å². The summed E-state index contributed by atoms with van der Waals surface area (Å²) in [4.78, 5) is 0. The lowest BCUT2D eigenvalue weighted by molar-refractivity contribution is 0.0101. The summed E-state index contributed by atoms with van der Waals surface area (Å²) in [6, 6.07) is 0. The Hall–Kier alpha value is -0.120. The maximum Gasteiger partial charge on any atom is 0.0776 e. The lowest BCUT2D eigenvalue weighted by Gasteiger charge is -2.18. The molecule has 2 N–H and O–H groups in total. The monoisotopic (exact) mass is 218 g/mol. The van der Waals surface area contributed by atoms with Crippen LogP contribution >= 0.6 is 0 Å². The number of ether oxygens (including phenoxy) is 1. The summed E-state index contributed by atoms with van der Waals surface area (Å²) in [5.74, 6) is 0.609. The molecule has 0 saturated heterocycles. The lowest BCUT2D eigenvalue weighted by atomic mass is 9.93. The van der Waals surface area contributed by atoms with Crippen molar-refractivity contribution in [2.75, 3.05) is 19.8 Å². The van der Waals surface area contributed by atoms with Gasteiger partial charge in [0.05, 0.1) is 25.9 Å². The van der Waals surface area contributed by atoms with Crippen LogP contribution in [0.3, 0.4) is 0 Å². The van der Waals surface area contributed by atoms with Crippen LogP contribution in [-0.4, -0.2) is 36.1 Å². The zero-order chi connectivity index (χ0) is 11.5. The molecular formula is C12H26O3. The van der Waals surface area contributed by atoms with Crippen molar-refractivity contribution in [1.29, 1.82) is 0 Å². The maximum absolute atomic E-state index is 9.67. The first-order valence-corrected chi connectivity index (χ1v) is 6.11. The van der Waals surface area contributed by atoms with Gasteiger partial charge in [0.2, 0.25) is 0 Å². The summed E-state index contributed by atoms with van der Waals surface area (Å²) in [6.07, 6.45) is 5.22. The Kier molecular flexibility index (Phi) is 10.3. The number of unbranched alkanes of at least 4 members (excludes halogenated alkanes) is 1. The van der Waals surface area contributed by atoms with Gasteiger partial charge in [-0.1, -0.05) is 39.5 Å². The fourth-order valence-electron chi connectivity index (χ4n) is 1.72. The minimum absolute atomic E-state index is 0.0275. The zero-order valence-electron chi connectivity index (χ0n) is 10.1. The molecule has 2 atom stereocenters. The van der Waals surface area contributed by atoms with Gasteiger partial charge in [0.25, 0.3) is 0 Å². The molecule has 15 heavy (non-hydrogen) atoms. The van der Waals surface area contributed by atoms with Crippen LogP contribution < -0.4 is 0 Å². The second-order valence-electron chi connectivity index (χ2n) is 4.10. The number of aliphatic hydroxyl groups is 2. The summed E-state index contributed by atoms with van der Waals surface area (Å²) >= 11 is 0. The van der Waals surface area contributed by atoms with Crippen molar-refractivity contribution in [3.8, 4) is 0 Å². The van der Waals surface area contributed by atoms with Gasteiger partial charge < -0.3 is 14.9 Å². The minimum Gasteiger partial charge on any atom is -0.394 e. The Morgan fingerprint density at radius 3 is 2.53 bits per heavy atom. The van der Waals surface area contributed by atoms with Gasteiger partial charge in [0.15, 0.2) is 0 Å². The average Bonchev–Trinajstić information content (AvgIpc) is 2.24. The van der Waals surface area contributed by atoms with E-state index in [0.29, 0.717) is 19.1 Å². The van der Waals surface area contributed by atoms with E-state index in [0.717, 1.165) is 12.8 Å². The first-order valence-electron chi connectivity index (χ1n) is 6.11. The van der Waals surface area contributed by atoms with Crippen molar-refractivity contribution < 1.29 is 14.9 Å². The average molecular weight is 218 g/mol. The SMILES string of the molecule is CCCCC(CC)CC(O)COCCO. The van der Waals surface area contributed by atoms with E-state index in [1.807, 2.05) is 0 Å². The fourth-order valence-corrected chi connectivity index (χ4v) is 1.72. The summed E-state index contributed by atoms with van der Waals surface area (Å²) in [5.41, 5.74) is 0. The molecule has 0 saturated carbocycles. The van der Waals surface area contributed by atoms with Crippen LogP contribution in [0, 0.1) is 5.92 Å². The normalized spacial score (nSPS) is 15.2. The van der Waals surface area contributed by atoms with E-state index in [1.165, 1.54) is 19.3 Å². The van der Waals surface area contributed by atoms with E-state index in [9.17, 15) is 5.11 Å².